The Balaban J connectivity index is 0.00000180. The smallest absolute Gasteiger partial charge is 0.220 e. The van der Waals surface area contributed by atoms with Gasteiger partial charge in [-0.05, 0) is 38.0 Å². The van der Waals surface area contributed by atoms with Gasteiger partial charge in [0.1, 0.15) is 0 Å². The zero-order chi connectivity index (χ0) is 12.8. The van der Waals surface area contributed by atoms with Gasteiger partial charge in [-0.1, -0.05) is 6.42 Å². The van der Waals surface area contributed by atoms with Crippen molar-refractivity contribution in [2.75, 3.05) is 13.1 Å². The molecule has 2 fully saturated rings. The number of amides is 1. The first-order valence-electron chi connectivity index (χ1n) is 7.07. The topological polar surface area (TPSA) is 79.5 Å². The number of carbonyl (C=O) groups excluding carboxylic acids is 1. The predicted molar refractivity (Wildman–Crippen MR) is 87.6 cm³/mol. The number of nitrogens with two attached hydrogens (primary N) is 1. The summed E-state index contributed by atoms with van der Waals surface area (Å²) in [4.78, 5) is 15.7. The maximum atomic E-state index is 11.4. The summed E-state index contributed by atoms with van der Waals surface area (Å²) in [5.41, 5.74) is 5.75. The number of hydrogen-bond acceptors (Lipinski definition) is 2. The second-order valence-corrected chi connectivity index (χ2v) is 5.39. The van der Waals surface area contributed by atoms with E-state index in [2.05, 4.69) is 15.6 Å². The summed E-state index contributed by atoms with van der Waals surface area (Å²) in [5.74, 6) is 1.42. The van der Waals surface area contributed by atoms with Crippen LogP contribution < -0.4 is 16.4 Å². The van der Waals surface area contributed by atoms with Crippen LogP contribution in [0.25, 0.3) is 0 Å². The van der Waals surface area contributed by atoms with Gasteiger partial charge in [0, 0.05) is 25.6 Å². The van der Waals surface area contributed by atoms with Gasteiger partial charge in [-0.15, -0.1) is 24.0 Å². The van der Waals surface area contributed by atoms with Crippen molar-refractivity contribution in [3.63, 3.8) is 0 Å². The fourth-order valence-electron chi connectivity index (χ4n) is 1.95. The second-order valence-electron chi connectivity index (χ2n) is 5.39. The molecular weight excluding hydrogens is 355 g/mol. The Labute approximate surface area is 132 Å². The van der Waals surface area contributed by atoms with Crippen LogP contribution in [0.4, 0.5) is 0 Å². The molecule has 1 amide bonds. The lowest BCUT2D eigenvalue weighted by Gasteiger charge is -2.23. The second kappa shape index (κ2) is 8.60. The average molecular weight is 380 g/mol. The summed E-state index contributed by atoms with van der Waals surface area (Å²) in [6, 6.07) is 0.458. The molecule has 2 saturated carbocycles. The van der Waals surface area contributed by atoms with Gasteiger partial charge in [0.25, 0.3) is 0 Å². The molecule has 2 rings (SSSR count). The van der Waals surface area contributed by atoms with E-state index in [-0.39, 0.29) is 29.9 Å². The third kappa shape index (κ3) is 6.98. The van der Waals surface area contributed by atoms with Gasteiger partial charge in [-0.3, -0.25) is 9.79 Å². The maximum Gasteiger partial charge on any atom is 0.220 e. The molecule has 5 nitrogen and oxygen atoms in total. The Morgan fingerprint density at radius 1 is 1.26 bits per heavy atom. The van der Waals surface area contributed by atoms with Crippen LogP contribution in [-0.4, -0.2) is 31.0 Å². The summed E-state index contributed by atoms with van der Waals surface area (Å²) >= 11 is 0. The summed E-state index contributed by atoms with van der Waals surface area (Å²) in [6.45, 7) is 1.57. The minimum atomic E-state index is 0. The molecule has 0 bridgehead atoms. The van der Waals surface area contributed by atoms with E-state index in [0.29, 0.717) is 18.4 Å². The first-order valence-corrected chi connectivity index (χ1v) is 7.07. The van der Waals surface area contributed by atoms with Gasteiger partial charge >= 0.3 is 0 Å². The fourth-order valence-corrected chi connectivity index (χ4v) is 1.95. The van der Waals surface area contributed by atoms with Crippen LogP contribution in [0.1, 0.15) is 44.9 Å². The van der Waals surface area contributed by atoms with Gasteiger partial charge in [0.05, 0.1) is 0 Å². The van der Waals surface area contributed by atoms with Crippen molar-refractivity contribution in [3.8, 4) is 0 Å². The number of carbonyl (C=O) groups is 1. The Kier molecular flexibility index (Phi) is 7.48. The number of halogens is 1. The summed E-state index contributed by atoms with van der Waals surface area (Å²) < 4.78 is 0. The monoisotopic (exact) mass is 380 g/mol. The normalized spacial score (nSPS) is 19.3. The van der Waals surface area contributed by atoms with E-state index in [9.17, 15) is 4.79 Å². The van der Waals surface area contributed by atoms with E-state index in [1.54, 1.807) is 0 Å². The molecule has 0 radical (unpaired) electrons. The van der Waals surface area contributed by atoms with Crippen molar-refractivity contribution in [1.82, 2.24) is 10.6 Å². The number of nitrogens with one attached hydrogen (secondary N) is 2. The third-order valence-corrected chi connectivity index (χ3v) is 3.57. The average Bonchev–Trinajstić information content (AvgIpc) is 3.06. The molecule has 0 saturated heterocycles. The highest BCUT2D eigenvalue weighted by Gasteiger charge is 2.22. The molecule has 6 heteroatoms. The number of aliphatic imine (C=N–C) groups is 1. The third-order valence-electron chi connectivity index (χ3n) is 3.57. The van der Waals surface area contributed by atoms with Gasteiger partial charge in [0.2, 0.25) is 5.91 Å². The highest BCUT2D eigenvalue weighted by Crippen LogP contribution is 2.26. The van der Waals surface area contributed by atoms with Gasteiger partial charge in [0.15, 0.2) is 5.96 Å². The van der Waals surface area contributed by atoms with Crippen LogP contribution in [-0.2, 0) is 4.79 Å². The first kappa shape index (κ1) is 16.5. The Morgan fingerprint density at radius 2 is 2.00 bits per heavy atom. The SMILES string of the molecule is I.NC(=NCC1CCC1)NCCCC(=O)NC1CC1. The summed E-state index contributed by atoms with van der Waals surface area (Å²) in [7, 11) is 0. The molecular formula is C13H25IN4O. The molecule has 0 spiro atoms. The van der Waals surface area contributed by atoms with Crippen molar-refractivity contribution in [2.45, 2.75) is 51.0 Å². The summed E-state index contributed by atoms with van der Waals surface area (Å²) in [6.07, 6.45) is 7.58. The van der Waals surface area contributed by atoms with Gasteiger partial charge in [-0.25, -0.2) is 0 Å². The Bertz CT molecular complexity index is 314. The van der Waals surface area contributed by atoms with Crippen LogP contribution in [0.2, 0.25) is 0 Å². The van der Waals surface area contributed by atoms with Crippen molar-refractivity contribution in [3.05, 3.63) is 0 Å². The summed E-state index contributed by atoms with van der Waals surface area (Å²) in [5, 5.41) is 6.03. The molecule has 0 aromatic rings. The van der Waals surface area contributed by atoms with Crippen molar-refractivity contribution in [2.24, 2.45) is 16.6 Å². The first-order chi connectivity index (χ1) is 8.74. The van der Waals surface area contributed by atoms with E-state index < -0.39 is 0 Å². The molecule has 2 aliphatic carbocycles. The lowest BCUT2D eigenvalue weighted by Crippen LogP contribution is -2.34. The number of guanidine groups is 1. The zero-order valence-electron chi connectivity index (χ0n) is 11.4. The lowest BCUT2D eigenvalue weighted by molar-refractivity contribution is -0.121. The molecule has 0 aliphatic heterocycles. The van der Waals surface area contributed by atoms with Crippen molar-refractivity contribution in [1.29, 1.82) is 0 Å². The minimum absolute atomic E-state index is 0. The molecule has 110 valence electrons. The minimum Gasteiger partial charge on any atom is -0.370 e. The van der Waals surface area contributed by atoms with E-state index in [0.717, 1.165) is 38.3 Å². The van der Waals surface area contributed by atoms with Crippen molar-refractivity contribution < 1.29 is 4.79 Å². The standard InChI is InChI=1S/C13H24N4O.HI/c14-13(16-9-10-3-1-4-10)15-8-2-5-12(18)17-11-6-7-11;/h10-11H,1-9H2,(H,17,18)(H3,14,15,16);1H. The number of rotatable bonds is 7. The van der Waals surface area contributed by atoms with Crippen LogP contribution in [0.3, 0.4) is 0 Å². The molecule has 0 unspecified atom stereocenters. The Hall–Kier alpha value is -0.530. The van der Waals surface area contributed by atoms with Gasteiger partial charge < -0.3 is 16.4 Å². The van der Waals surface area contributed by atoms with Crippen LogP contribution >= 0.6 is 24.0 Å². The Morgan fingerprint density at radius 3 is 2.58 bits per heavy atom. The van der Waals surface area contributed by atoms with Crippen LogP contribution in [0.15, 0.2) is 4.99 Å². The zero-order valence-corrected chi connectivity index (χ0v) is 13.7. The number of nitrogens with zero attached hydrogens (tertiary/aromatic N) is 1. The molecule has 0 atom stereocenters. The molecule has 4 N–H and O–H groups in total. The van der Waals surface area contributed by atoms with E-state index >= 15 is 0 Å². The number of hydrogen-bond donors (Lipinski definition) is 3. The lowest BCUT2D eigenvalue weighted by atomic mass is 9.86. The molecule has 0 aromatic heterocycles. The fraction of sp³-hybridized carbons (Fsp3) is 0.846. The largest absolute Gasteiger partial charge is 0.370 e. The maximum absolute atomic E-state index is 11.4. The van der Waals surface area contributed by atoms with Crippen LogP contribution in [0, 0.1) is 5.92 Å². The molecule has 19 heavy (non-hydrogen) atoms. The predicted octanol–water partition coefficient (Wildman–Crippen LogP) is 1.37. The molecule has 2 aliphatic rings. The highest BCUT2D eigenvalue weighted by molar-refractivity contribution is 14.0. The van der Waals surface area contributed by atoms with Gasteiger partial charge in [-0.2, -0.15) is 0 Å². The molecule has 0 aromatic carbocycles. The van der Waals surface area contributed by atoms with E-state index in [1.165, 1.54) is 19.3 Å². The quantitative estimate of drug-likeness (QED) is 0.270. The van der Waals surface area contributed by atoms with E-state index in [1.807, 2.05) is 0 Å². The van der Waals surface area contributed by atoms with Crippen molar-refractivity contribution >= 4 is 35.8 Å². The van der Waals surface area contributed by atoms with Crippen LogP contribution in [0.5, 0.6) is 0 Å². The highest BCUT2D eigenvalue weighted by atomic mass is 127. The van der Waals surface area contributed by atoms with E-state index in [4.69, 9.17) is 5.73 Å². The molecule has 0 heterocycles.